The predicted octanol–water partition coefficient (Wildman–Crippen LogP) is 1.88. The van der Waals surface area contributed by atoms with E-state index in [9.17, 15) is 9.59 Å². The molecule has 2 aromatic rings. The summed E-state index contributed by atoms with van der Waals surface area (Å²) in [6.07, 6.45) is 0. The van der Waals surface area contributed by atoms with E-state index < -0.39 is 5.97 Å². The van der Waals surface area contributed by atoms with Crippen LogP contribution in [0.1, 0.15) is 32.8 Å². The van der Waals surface area contributed by atoms with Gasteiger partial charge in [-0.2, -0.15) is 5.10 Å². The van der Waals surface area contributed by atoms with Crippen LogP contribution in [0.15, 0.2) is 23.6 Å². The maximum atomic E-state index is 11.9. The van der Waals surface area contributed by atoms with Crippen LogP contribution in [0.25, 0.3) is 0 Å². The lowest BCUT2D eigenvalue weighted by atomic mass is 10.2. The Kier molecular flexibility index (Phi) is 3.34. The summed E-state index contributed by atoms with van der Waals surface area (Å²) in [6, 6.07) is 4.91. The first-order valence-electron chi connectivity index (χ1n) is 5.03. The number of nitrogens with zero attached hydrogens (tertiary/aromatic N) is 1. The van der Waals surface area contributed by atoms with E-state index in [1.54, 1.807) is 19.1 Å². The van der Waals surface area contributed by atoms with Crippen LogP contribution in [0.5, 0.6) is 0 Å². The highest BCUT2D eigenvalue weighted by Gasteiger charge is 2.17. The first-order chi connectivity index (χ1) is 8.22. The Labute approximate surface area is 101 Å². The largest absolute Gasteiger partial charge is 0.461 e. The number of rotatable bonds is 4. The molecule has 17 heavy (non-hydrogen) atoms. The molecule has 0 unspecified atom stereocenters. The van der Waals surface area contributed by atoms with Gasteiger partial charge in [-0.1, -0.05) is 6.07 Å². The normalized spacial score (nSPS) is 10.2. The van der Waals surface area contributed by atoms with Crippen molar-refractivity contribution in [2.24, 2.45) is 0 Å². The minimum atomic E-state index is -0.509. The lowest BCUT2D eigenvalue weighted by Crippen LogP contribution is -2.04. The summed E-state index contributed by atoms with van der Waals surface area (Å²) < 4.78 is 4.79. The van der Waals surface area contributed by atoms with Gasteiger partial charge < -0.3 is 4.74 Å². The molecule has 88 valence electrons. The zero-order valence-corrected chi connectivity index (χ0v) is 9.91. The molecule has 0 aliphatic rings. The van der Waals surface area contributed by atoms with Crippen molar-refractivity contribution in [3.05, 3.63) is 39.8 Å². The van der Waals surface area contributed by atoms with E-state index in [0.717, 1.165) is 0 Å². The molecule has 5 nitrogen and oxygen atoms in total. The molecule has 6 heteroatoms. The van der Waals surface area contributed by atoms with Crippen LogP contribution in [0.3, 0.4) is 0 Å². The van der Waals surface area contributed by atoms with E-state index in [4.69, 9.17) is 4.74 Å². The van der Waals surface area contributed by atoms with E-state index in [1.807, 2.05) is 5.38 Å². The van der Waals surface area contributed by atoms with Crippen molar-refractivity contribution in [1.82, 2.24) is 10.2 Å². The molecule has 0 saturated carbocycles. The van der Waals surface area contributed by atoms with Crippen LogP contribution in [0, 0.1) is 0 Å². The predicted molar refractivity (Wildman–Crippen MR) is 62.3 cm³/mol. The first kappa shape index (κ1) is 11.5. The average Bonchev–Trinajstić information content (AvgIpc) is 3.00. The Hall–Kier alpha value is -1.95. The first-order valence-corrected chi connectivity index (χ1v) is 5.91. The Morgan fingerprint density at radius 2 is 2.35 bits per heavy atom. The molecule has 0 amide bonds. The van der Waals surface area contributed by atoms with Crippen molar-refractivity contribution >= 4 is 23.1 Å². The number of ketones is 1. The van der Waals surface area contributed by atoms with Gasteiger partial charge in [0.2, 0.25) is 5.78 Å². The Morgan fingerprint density at radius 1 is 1.53 bits per heavy atom. The number of aromatic amines is 1. The molecule has 2 heterocycles. The lowest BCUT2D eigenvalue weighted by Gasteiger charge is -1.95. The monoisotopic (exact) mass is 250 g/mol. The number of aromatic nitrogens is 2. The fourth-order valence-corrected chi connectivity index (χ4v) is 1.96. The summed E-state index contributed by atoms with van der Waals surface area (Å²) in [5.41, 5.74) is 0.405. The second kappa shape index (κ2) is 4.92. The molecular formula is C11H10N2O3S. The van der Waals surface area contributed by atoms with Gasteiger partial charge in [-0.15, -0.1) is 11.3 Å². The van der Waals surface area contributed by atoms with E-state index >= 15 is 0 Å². The summed E-state index contributed by atoms with van der Waals surface area (Å²) in [5, 5.41) is 8.11. The Bertz CT molecular complexity index is 531. The van der Waals surface area contributed by atoms with Gasteiger partial charge in [-0.05, 0) is 18.4 Å². The number of carbonyl (C=O) groups is 2. The molecular weight excluding hydrogens is 240 g/mol. The van der Waals surface area contributed by atoms with Crippen LogP contribution in [-0.2, 0) is 4.74 Å². The number of thiophene rings is 1. The SMILES string of the molecule is CCOC(=O)c1cc(C(=O)c2cccs2)n[nH]1. The number of hydrogen-bond acceptors (Lipinski definition) is 5. The molecule has 0 radical (unpaired) electrons. The molecule has 0 fully saturated rings. The summed E-state index contributed by atoms with van der Waals surface area (Å²) in [6.45, 7) is 2.00. The van der Waals surface area contributed by atoms with Crippen molar-refractivity contribution in [2.45, 2.75) is 6.92 Å². The van der Waals surface area contributed by atoms with Crippen LogP contribution < -0.4 is 0 Å². The molecule has 2 rings (SSSR count). The topological polar surface area (TPSA) is 72.1 Å². The number of nitrogens with one attached hydrogen (secondary N) is 1. The molecule has 0 aromatic carbocycles. The van der Waals surface area contributed by atoms with E-state index in [1.165, 1.54) is 17.4 Å². The molecule has 0 bridgehead atoms. The minimum absolute atomic E-state index is 0.187. The van der Waals surface area contributed by atoms with Crippen molar-refractivity contribution < 1.29 is 14.3 Å². The summed E-state index contributed by atoms with van der Waals surface area (Å²) >= 11 is 1.33. The molecule has 0 aliphatic carbocycles. The van der Waals surface area contributed by atoms with Gasteiger partial charge >= 0.3 is 5.97 Å². The number of carbonyl (C=O) groups excluding carboxylic acids is 2. The minimum Gasteiger partial charge on any atom is -0.461 e. The zero-order valence-electron chi connectivity index (χ0n) is 9.10. The lowest BCUT2D eigenvalue weighted by molar-refractivity contribution is 0.0519. The fraction of sp³-hybridized carbons (Fsp3) is 0.182. The van der Waals surface area contributed by atoms with Gasteiger partial charge in [0.15, 0.2) is 0 Å². The number of ether oxygens (including phenoxy) is 1. The van der Waals surface area contributed by atoms with Gasteiger partial charge in [-0.3, -0.25) is 9.89 Å². The Morgan fingerprint density at radius 3 is 3.00 bits per heavy atom. The van der Waals surface area contributed by atoms with Gasteiger partial charge in [0.05, 0.1) is 11.5 Å². The molecule has 0 atom stereocenters. The van der Waals surface area contributed by atoms with E-state index in [2.05, 4.69) is 10.2 Å². The smallest absolute Gasteiger partial charge is 0.356 e. The van der Waals surface area contributed by atoms with Crippen LogP contribution in [0.2, 0.25) is 0 Å². The van der Waals surface area contributed by atoms with Gasteiger partial charge in [0.1, 0.15) is 11.4 Å². The standard InChI is InChI=1S/C11H10N2O3S/c1-2-16-11(15)8-6-7(12-13-8)10(14)9-4-3-5-17-9/h3-6H,2H2,1H3,(H,12,13). The third-order valence-corrected chi connectivity index (χ3v) is 2.92. The maximum Gasteiger partial charge on any atom is 0.356 e. The second-order valence-electron chi connectivity index (χ2n) is 3.19. The molecule has 0 saturated heterocycles. The van der Waals surface area contributed by atoms with Crippen molar-refractivity contribution in [3.8, 4) is 0 Å². The van der Waals surface area contributed by atoms with E-state index in [-0.39, 0.29) is 23.8 Å². The quantitative estimate of drug-likeness (QED) is 0.664. The molecule has 0 spiro atoms. The Balaban J connectivity index is 2.19. The van der Waals surface area contributed by atoms with Crippen molar-refractivity contribution in [1.29, 1.82) is 0 Å². The maximum absolute atomic E-state index is 11.9. The van der Waals surface area contributed by atoms with Crippen LogP contribution in [0.4, 0.5) is 0 Å². The number of hydrogen-bond donors (Lipinski definition) is 1. The summed E-state index contributed by atoms with van der Waals surface area (Å²) in [7, 11) is 0. The second-order valence-corrected chi connectivity index (χ2v) is 4.14. The van der Waals surface area contributed by atoms with E-state index in [0.29, 0.717) is 4.88 Å². The third-order valence-electron chi connectivity index (χ3n) is 2.05. The van der Waals surface area contributed by atoms with Crippen LogP contribution >= 0.6 is 11.3 Å². The van der Waals surface area contributed by atoms with Gasteiger partial charge in [-0.25, -0.2) is 4.79 Å². The van der Waals surface area contributed by atoms with Crippen LogP contribution in [-0.4, -0.2) is 28.6 Å². The highest BCUT2D eigenvalue weighted by molar-refractivity contribution is 7.12. The molecule has 1 N–H and O–H groups in total. The fourth-order valence-electron chi connectivity index (χ4n) is 1.29. The highest BCUT2D eigenvalue weighted by Crippen LogP contribution is 2.14. The van der Waals surface area contributed by atoms with Gasteiger partial charge in [0, 0.05) is 6.07 Å². The number of esters is 1. The average molecular weight is 250 g/mol. The molecule has 0 aliphatic heterocycles. The zero-order chi connectivity index (χ0) is 12.3. The summed E-state index contributed by atoms with van der Waals surface area (Å²) in [4.78, 5) is 23.8. The number of H-pyrrole nitrogens is 1. The molecule has 2 aromatic heterocycles. The van der Waals surface area contributed by atoms with Gasteiger partial charge in [0.25, 0.3) is 0 Å². The van der Waals surface area contributed by atoms with Crippen molar-refractivity contribution in [2.75, 3.05) is 6.61 Å². The third kappa shape index (κ3) is 2.42. The highest BCUT2D eigenvalue weighted by atomic mass is 32.1. The summed E-state index contributed by atoms with van der Waals surface area (Å²) in [5.74, 6) is -0.711. The van der Waals surface area contributed by atoms with Crippen molar-refractivity contribution in [3.63, 3.8) is 0 Å².